The van der Waals surface area contributed by atoms with Crippen molar-refractivity contribution in [1.82, 2.24) is 69.0 Å². The van der Waals surface area contributed by atoms with Crippen molar-refractivity contribution < 1.29 is 64.4 Å². The molecular formula is C98H86ClF7N18O12S4. The molecule has 10 aromatic heterocycles. The molecule has 0 spiro atoms. The minimum Gasteiger partial charge on any atom is -0.290 e. The Kier molecular flexibility index (Phi) is 25.6. The molecule has 0 bridgehead atoms. The van der Waals surface area contributed by atoms with Crippen molar-refractivity contribution in [2.45, 2.75) is 126 Å². The highest BCUT2D eigenvalue weighted by Gasteiger charge is 2.41. The SMILES string of the molecule is Cc1ccc(S(=O)(=O)N2CCc3c([nH]n(-c4cc(C(C)(F)F)ccc4Cl)c3=O)-c3cccnc32)cc1.Cc1ccc(S(=O)(=O)N2CCc3c([nH]n(-c4cc(C(F)(F)F)cc(C)n4)c3=O)-c3cccnc32)cc1.Cc1ccc(S(=O)(=O)N2CCc3c([nH]n(-c4cc(C)ccc4C)c3=O)-c3cccnc32)cc1.Cc1ccc(S(=O)(=O)N2CCc3c([nH]n(-c4ccc(C(C)(F)F)cn4)c3=O)-c3cccnc32)cc1. The number of rotatable bonds is 14. The molecule has 4 N–H and O–H groups in total. The number of H-pyrrole nitrogens is 4. The van der Waals surface area contributed by atoms with Gasteiger partial charge in [0, 0.05) is 132 Å². The highest BCUT2D eigenvalue weighted by molar-refractivity contribution is 7.93. The van der Waals surface area contributed by atoms with Gasteiger partial charge in [0.25, 0.3) is 74.2 Å². The van der Waals surface area contributed by atoms with Crippen LogP contribution in [-0.4, -0.2) is 129 Å². The molecule has 140 heavy (non-hydrogen) atoms. The van der Waals surface area contributed by atoms with Gasteiger partial charge in [-0.05, 0) is 225 Å². The third-order valence-electron chi connectivity index (χ3n) is 24.1. The van der Waals surface area contributed by atoms with Crippen LogP contribution in [0.2, 0.25) is 5.02 Å². The van der Waals surface area contributed by atoms with Crippen molar-refractivity contribution in [3.63, 3.8) is 0 Å². The van der Waals surface area contributed by atoms with Crippen molar-refractivity contribution in [2.75, 3.05) is 43.4 Å². The zero-order valence-corrected chi connectivity index (χ0v) is 80.0. The van der Waals surface area contributed by atoms with Crippen LogP contribution in [0.5, 0.6) is 0 Å². The monoisotopic (exact) mass is 2000 g/mol. The van der Waals surface area contributed by atoms with E-state index < -0.39 is 80.4 Å². The normalized spacial score (nSPS) is 13.7. The Hall–Kier alpha value is -14.9. The van der Waals surface area contributed by atoms with Crippen LogP contribution in [0, 0.1) is 48.5 Å². The lowest BCUT2D eigenvalue weighted by atomic mass is 10.1. The van der Waals surface area contributed by atoms with Crippen LogP contribution in [0.15, 0.2) is 276 Å². The summed E-state index contributed by atoms with van der Waals surface area (Å²) in [7, 11) is -15.8. The summed E-state index contributed by atoms with van der Waals surface area (Å²) in [6, 6.07) is 53.4. The lowest BCUT2D eigenvalue weighted by Crippen LogP contribution is -2.34. The summed E-state index contributed by atoms with van der Waals surface area (Å²) in [5, 5.41) is 12.2. The number of pyridine rings is 6. The molecule has 0 unspecified atom stereocenters. The first kappa shape index (κ1) is 96.7. The van der Waals surface area contributed by atoms with Crippen LogP contribution in [0.3, 0.4) is 0 Å². The number of hydrogen-bond donors (Lipinski definition) is 4. The molecule has 0 saturated heterocycles. The fourth-order valence-corrected chi connectivity index (χ4v) is 22.7. The molecule has 0 saturated carbocycles. The summed E-state index contributed by atoms with van der Waals surface area (Å²) in [5.41, 5.74) is 8.27. The van der Waals surface area contributed by atoms with Crippen molar-refractivity contribution in [2.24, 2.45) is 0 Å². The van der Waals surface area contributed by atoms with Gasteiger partial charge in [-0.3, -0.25) is 39.6 Å². The lowest BCUT2D eigenvalue weighted by Gasteiger charge is -2.23. The van der Waals surface area contributed by atoms with Crippen molar-refractivity contribution in [3.8, 4) is 68.0 Å². The van der Waals surface area contributed by atoms with E-state index in [1.165, 1.54) is 91.6 Å². The summed E-state index contributed by atoms with van der Waals surface area (Å²) >= 11 is 6.29. The van der Waals surface area contributed by atoms with E-state index in [-0.39, 0.29) is 145 Å². The highest BCUT2D eigenvalue weighted by atomic mass is 35.5. The van der Waals surface area contributed by atoms with E-state index >= 15 is 0 Å². The standard InChI is InChI=1S/C25H21ClF2N4O3S.C25H24N4O3S.C24H20F3N5O3S.C24H21F2N5O3S/c1-15-5-8-17(9-6-15)36(34,35)31-13-11-19-22(18-4-3-12-29-23(18)31)30-32(24(19)33)21-14-16(25(2,27)28)7-10-20(21)26;1-16-7-10-19(11-8-16)33(31,32)28-14-12-21-23(20-5-4-13-26-24(20)28)27-29(25(21)30)22-15-17(2)6-9-18(22)3;1-14-5-7-17(8-6-14)36(34,35)31-11-9-19-21(18-4-3-10-28-22(18)31)30-32(23(19)33)20-13-16(24(25,26)27)12-15(2)29-20;1-15-5-8-17(9-6-15)35(33,34)30-13-11-19-21(18-4-3-12-27-22(18)30)29-31(23(19)32)20-10-7-16(14-28-20)24(2,25)26/h3-10,12,14,30H,11,13H2,1-2H3;4-11,13,15,27H,12,14H2,1-3H3;3-8,10,12-13,30H,9,11H2,1-2H3;3-10,12,14,29H,11,13H2,1-2H3. The van der Waals surface area contributed by atoms with Gasteiger partial charge in [0.05, 0.1) is 64.3 Å². The third kappa shape index (κ3) is 18.5. The molecule has 0 radical (unpaired) electrons. The van der Waals surface area contributed by atoms with Gasteiger partial charge in [-0.25, -0.2) is 117 Å². The molecule has 0 atom stereocenters. The Balaban J connectivity index is 0.000000129. The van der Waals surface area contributed by atoms with E-state index in [2.05, 4.69) is 50.3 Å². The molecule has 4 aliphatic heterocycles. The van der Waals surface area contributed by atoms with E-state index in [1.807, 2.05) is 59.7 Å². The number of nitrogens with one attached hydrogen (secondary N) is 4. The first-order valence-corrected chi connectivity index (χ1v) is 49.6. The van der Waals surface area contributed by atoms with Crippen molar-refractivity contribution >= 4 is 75.0 Å². The van der Waals surface area contributed by atoms with E-state index in [0.717, 1.165) is 91.0 Å². The molecule has 30 nitrogen and oxygen atoms in total. The highest BCUT2D eigenvalue weighted by Crippen LogP contribution is 2.44. The number of aryl methyl sites for hydroxylation is 7. The Morgan fingerprint density at radius 2 is 0.643 bits per heavy atom. The average Bonchev–Trinajstić information content (AvgIpc) is 1.59. The topological polar surface area (TPSA) is 378 Å². The molecule has 16 aromatic rings. The van der Waals surface area contributed by atoms with Gasteiger partial charge in [-0.2, -0.15) is 13.2 Å². The van der Waals surface area contributed by atoms with E-state index in [4.69, 9.17) is 11.6 Å². The largest absolute Gasteiger partial charge is 0.416 e. The number of hydrogen-bond acceptors (Lipinski definition) is 18. The maximum absolute atomic E-state index is 14.0. The second-order valence-electron chi connectivity index (χ2n) is 34.0. The maximum Gasteiger partial charge on any atom is 0.416 e. The predicted octanol–water partition coefficient (Wildman–Crippen LogP) is 16.8. The Bertz CT molecular complexity index is 8330. The van der Waals surface area contributed by atoms with E-state index in [9.17, 15) is 83.6 Å². The Morgan fingerprint density at radius 3 is 0.971 bits per heavy atom. The lowest BCUT2D eigenvalue weighted by molar-refractivity contribution is -0.137. The van der Waals surface area contributed by atoms with E-state index in [0.29, 0.717) is 61.8 Å². The minimum atomic E-state index is -4.61. The van der Waals surface area contributed by atoms with Crippen LogP contribution >= 0.6 is 11.6 Å². The van der Waals surface area contributed by atoms with Gasteiger partial charge in [0.2, 0.25) is 0 Å². The number of fused-ring (bicyclic) bond motifs is 12. The van der Waals surface area contributed by atoms with Gasteiger partial charge in [0.15, 0.2) is 34.9 Å². The molecule has 0 amide bonds. The Labute approximate surface area is 802 Å². The Morgan fingerprint density at radius 1 is 0.329 bits per heavy atom. The quantitative estimate of drug-likeness (QED) is 0.0735. The molecule has 0 aliphatic carbocycles. The summed E-state index contributed by atoms with van der Waals surface area (Å²) in [5.74, 6) is -5.49. The smallest absolute Gasteiger partial charge is 0.290 e. The zero-order valence-electron chi connectivity index (χ0n) is 76.0. The summed E-state index contributed by atoms with van der Waals surface area (Å²) in [6.45, 7) is 14.3. The van der Waals surface area contributed by atoms with Crippen LogP contribution in [0.25, 0.3) is 68.0 Å². The van der Waals surface area contributed by atoms with Crippen molar-refractivity contribution in [1.29, 1.82) is 0 Å². The summed E-state index contributed by atoms with van der Waals surface area (Å²) in [4.78, 5) is 79.6. The fraction of sp³-hybridized carbons (Fsp3) is 0.204. The second-order valence-corrected chi connectivity index (χ2v) is 41.8. The summed E-state index contributed by atoms with van der Waals surface area (Å²) in [6.07, 6.45) is 2.85. The van der Waals surface area contributed by atoms with Gasteiger partial charge in [-0.15, -0.1) is 0 Å². The number of sulfonamides is 4. The molecule has 720 valence electrons. The number of aromatic nitrogens is 14. The number of aromatic amines is 4. The van der Waals surface area contributed by atoms with Crippen LogP contribution in [0.4, 0.5) is 54.0 Å². The van der Waals surface area contributed by atoms with Crippen molar-refractivity contribution in [3.05, 3.63) is 362 Å². The number of alkyl halides is 7. The molecule has 6 aromatic carbocycles. The molecule has 4 aliphatic rings. The fourth-order valence-electron chi connectivity index (χ4n) is 16.7. The first-order valence-electron chi connectivity index (χ1n) is 43.5. The van der Waals surface area contributed by atoms with Gasteiger partial charge in [0.1, 0.15) is 0 Å². The number of nitrogens with zero attached hydrogens (tertiary/aromatic N) is 14. The van der Waals surface area contributed by atoms with Crippen LogP contribution in [-0.2, 0) is 83.8 Å². The van der Waals surface area contributed by atoms with Gasteiger partial charge >= 0.3 is 6.18 Å². The molecule has 14 heterocycles. The number of benzene rings is 6. The van der Waals surface area contributed by atoms with Gasteiger partial charge in [-0.1, -0.05) is 101 Å². The van der Waals surface area contributed by atoms with E-state index in [1.54, 1.807) is 132 Å². The average molecular weight is 2000 g/mol. The third-order valence-corrected chi connectivity index (χ3v) is 31.6. The molecule has 42 heteroatoms. The second kappa shape index (κ2) is 37.1. The maximum atomic E-state index is 14.0. The van der Waals surface area contributed by atoms with Crippen LogP contribution < -0.4 is 39.5 Å². The number of anilines is 4. The zero-order chi connectivity index (χ0) is 99.9. The minimum absolute atomic E-state index is 0.00522. The molecular weight excluding hydrogens is 1920 g/mol. The molecule has 0 fully saturated rings. The van der Waals surface area contributed by atoms with Crippen LogP contribution in [0.1, 0.15) is 91.9 Å². The first-order chi connectivity index (χ1) is 66.3. The van der Waals surface area contributed by atoms with Gasteiger partial charge < -0.3 is 0 Å². The molecule has 20 rings (SSSR count). The summed E-state index contributed by atoms with van der Waals surface area (Å²) < 4.78 is 213. The predicted molar refractivity (Wildman–Crippen MR) is 515 cm³/mol. The number of halogens is 8.